The van der Waals surface area contributed by atoms with Gasteiger partial charge in [-0.2, -0.15) is 0 Å². The summed E-state index contributed by atoms with van der Waals surface area (Å²) in [7, 11) is -3.59. The molecule has 3 rings (SSSR count). The van der Waals surface area contributed by atoms with Crippen molar-refractivity contribution in [1.82, 2.24) is 10.2 Å². The van der Waals surface area contributed by atoms with Gasteiger partial charge in [0.2, 0.25) is 21.8 Å². The summed E-state index contributed by atoms with van der Waals surface area (Å²) in [4.78, 5) is 28.5. The van der Waals surface area contributed by atoms with Gasteiger partial charge in [-0.05, 0) is 49.1 Å². The second-order valence-electron chi connectivity index (χ2n) is 9.89. The average molecular weight is 568 g/mol. The minimum Gasteiger partial charge on any atom is -0.354 e. The van der Waals surface area contributed by atoms with Crippen LogP contribution in [0.25, 0.3) is 0 Å². The van der Waals surface area contributed by atoms with E-state index in [9.17, 15) is 22.4 Å². The summed E-state index contributed by atoms with van der Waals surface area (Å²) in [6.07, 6.45) is 2.33. The molecule has 0 aromatic heterocycles. The Morgan fingerprint density at radius 3 is 2.33 bits per heavy atom. The third-order valence-electron chi connectivity index (χ3n) is 6.56. The number of carbonyl (C=O) groups is 2. The molecule has 0 aliphatic heterocycles. The molecule has 40 heavy (non-hydrogen) atoms. The van der Waals surface area contributed by atoms with Crippen molar-refractivity contribution in [2.45, 2.75) is 52.1 Å². The van der Waals surface area contributed by atoms with E-state index < -0.39 is 21.9 Å². The molecule has 0 bridgehead atoms. The molecule has 1 atom stereocenters. The first-order valence-corrected chi connectivity index (χ1v) is 15.3. The van der Waals surface area contributed by atoms with Gasteiger partial charge < -0.3 is 10.2 Å². The fourth-order valence-electron chi connectivity index (χ4n) is 4.52. The standard InChI is InChI=1S/C31H38FN3O4S/c1-4-19-33-31(37)29(22-25-13-6-5-7-14-25)34(23-26-15-8-9-17-28(26)32)30(36)18-11-20-35(40(3,38)39)27-16-10-12-24(2)21-27/h5-10,12-17,21,29H,4,11,18-20,22-23H2,1-3H3,(H,33,37)/t29-/m1/s1. The molecule has 9 heteroatoms. The van der Waals surface area contributed by atoms with Crippen molar-refractivity contribution in [1.29, 1.82) is 0 Å². The smallest absolute Gasteiger partial charge is 0.243 e. The van der Waals surface area contributed by atoms with E-state index in [2.05, 4.69) is 5.32 Å². The lowest BCUT2D eigenvalue weighted by Crippen LogP contribution is -2.50. The number of nitrogens with one attached hydrogen (secondary N) is 1. The summed E-state index contributed by atoms with van der Waals surface area (Å²) >= 11 is 0. The number of aryl methyl sites for hydroxylation is 1. The monoisotopic (exact) mass is 567 g/mol. The highest BCUT2D eigenvalue weighted by Crippen LogP contribution is 2.21. The molecule has 3 aromatic rings. The Morgan fingerprint density at radius 2 is 1.68 bits per heavy atom. The van der Waals surface area contributed by atoms with Gasteiger partial charge in [0.1, 0.15) is 11.9 Å². The van der Waals surface area contributed by atoms with Crippen molar-refractivity contribution in [2.75, 3.05) is 23.7 Å². The molecule has 0 unspecified atom stereocenters. The minimum atomic E-state index is -3.59. The maximum Gasteiger partial charge on any atom is 0.243 e. The maximum atomic E-state index is 14.7. The van der Waals surface area contributed by atoms with Gasteiger partial charge in [0.05, 0.1) is 11.9 Å². The molecular formula is C31H38FN3O4S. The predicted octanol–water partition coefficient (Wildman–Crippen LogP) is 4.85. The number of benzene rings is 3. The Bertz CT molecular complexity index is 1380. The Morgan fingerprint density at radius 1 is 0.975 bits per heavy atom. The molecule has 0 heterocycles. The maximum absolute atomic E-state index is 14.7. The number of hydrogen-bond acceptors (Lipinski definition) is 4. The fourth-order valence-corrected chi connectivity index (χ4v) is 5.47. The third-order valence-corrected chi connectivity index (χ3v) is 7.75. The number of anilines is 1. The number of carbonyl (C=O) groups excluding carboxylic acids is 2. The highest BCUT2D eigenvalue weighted by atomic mass is 32.2. The second-order valence-corrected chi connectivity index (χ2v) is 11.8. The molecule has 0 spiro atoms. The molecular weight excluding hydrogens is 529 g/mol. The minimum absolute atomic E-state index is 0.0152. The van der Waals surface area contributed by atoms with Crippen LogP contribution in [-0.4, -0.2) is 50.5 Å². The van der Waals surface area contributed by atoms with Crippen LogP contribution >= 0.6 is 0 Å². The Hall–Kier alpha value is -3.72. The van der Waals surface area contributed by atoms with Crippen molar-refractivity contribution < 1.29 is 22.4 Å². The van der Waals surface area contributed by atoms with Crippen LogP contribution in [-0.2, 0) is 32.6 Å². The molecule has 0 saturated carbocycles. The molecule has 1 N–H and O–H groups in total. The average Bonchev–Trinajstić information content (AvgIpc) is 2.92. The van der Waals surface area contributed by atoms with E-state index in [1.165, 1.54) is 15.3 Å². The molecule has 2 amide bonds. The second kappa shape index (κ2) is 14.6. The first-order chi connectivity index (χ1) is 19.1. The molecule has 0 aliphatic carbocycles. The van der Waals surface area contributed by atoms with Gasteiger partial charge in [-0.15, -0.1) is 0 Å². The molecule has 0 radical (unpaired) electrons. The van der Waals surface area contributed by atoms with Gasteiger partial charge in [-0.3, -0.25) is 13.9 Å². The van der Waals surface area contributed by atoms with Gasteiger partial charge >= 0.3 is 0 Å². The van der Waals surface area contributed by atoms with E-state index in [4.69, 9.17) is 0 Å². The molecule has 3 aromatic carbocycles. The number of rotatable bonds is 14. The van der Waals surface area contributed by atoms with Crippen LogP contribution in [0.1, 0.15) is 42.9 Å². The van der Waals surface area contributed by atoms with E-state index in [1.807, 2.05) is 50.2 Å². The lowest BCUT2D eigenvalue weighted by molar-refractivity contribution is -0.141. The topological polar surface area (TPSA) is 86.8 Å². The molecule has 0 saturated heterocycles. The quantitative estimate of drug-likeness (QED) is 0.302. The van der Waals surface area contributed by atoms with E-state index in [-0.39, 0.29) is 44.2 Å². The summed E-state index contributed by atoms with van der Waals surface area (Å²) in [6, 6.07) is 21.9. The summed E-state index contributed by atoms with van der Waals surface area (Å²) in [5.41, 5.74) is 2.61. The lowest BCUT2D eigenvalue weighted by Gasteiger charge is -2.32. The summed E-state index contributed by atoms with van der Waals surface area (Å²) < 4.78 is 41.1. The van der Waals surface area contributed by atoms with Crippen molar-refractivity contribution in [3.8, 4) is 0 Å². The molecule has 0 aliphatic rings. The third kappa shape index (κ3) is 8.91. The number of hydrogen-bond donors (Lipinski definition) is 1. The van der Waals surface area contributed by atoms with Gasteiger partial charge in [-0.25, -0.2) is 12.8 Å². The van der Waals surface area contributed by atoms with Crippen LogP contribution < -0.4 is 9.62 Å². The zero-order valence-corrected chi connectivity index (χ0v) is 24.2. The highest BCUT2D eigenvalue weighted by molar-refractivity contribution is 7.92. The summed E-state index contributed by atoms with van der Waals surface area (Å²) in [5, 5.41) is 2.90. The largest absolute Gasteiger partial charge is 0.354 e. The van der Waals surface area contributed by atoms with Crippen molar-refractivity contribution in [2.24, 2.45) is 0 Å². The SMILES string of the molecule is CCCNC(=O)[C@@H](Cc1ccccc1)N(Cc1ccccc1F)C(=O)CCCN(c1cccc(C)c1)S(C)(=O)=O. The van der Waals surface area contributed by atoms with E-state index in [0.29, 0.717) is 17.8 Å². The Kier molecular flexibility index (Phi) is 11.3. The zero-order chi connectivity index (χ0) is 29.1. The first kappa shape index (κ1) is 30.8. The van der Waals surface area contributed by atoms with Crippen molar-refractivity contribution in [3.05, 3.63) is 101 Å². The van der Waals surface area contributed by atoms with Crippen LogP contribution in [0.4, 0.5) is 10.1 Å². The Balaban J connectivity index is 1.88. The van der Waals surface area contributed by atoms with Gasteiger partial charge in [0.15, 0.2) is 0 Å². The lowest BCUT2D eigenvalue weighted by atomic mass is 10.0. The summed E-state index contributed by atoms with van der Waals surface area (Å²) in [6.45, 7) is 4.27. The highest BCUT2D eigenvalue weighted by Gasteiger charge is 2.31. The van der Waals surface area contributed by atoms with Crippen LogP contribution in [0.2, 0.25) is 0 Å². The number of halogens is 1. The number of sulfonamides is 1. The van der Waals surface area contributed by atoms with Crippen LogP contribution in [0, 0.1) is 12.7 Å². The van der Waals surface area contributed by atoms with E-state index in [0.717, 1.165) is 23.8 Å². The van der Waals surface area contributed by atoms with Gasteiger partial charge in [0.25, 0.3) is 0 Å². The van der Waals surface area contributed by atoms with E-state index in [1.54, 1.807) is 36.4 Å². The normalized spacial score (nSPS) is 12.0. The van der Waals surface area contributed by atoms with Crippen molar-refractivity contribution >= 4 is 27.5 Å². The molecule has 0 fully saturated rings. The van der Waals surface area contributed by atoms with E-state index >= 15 is 0 Å². The first-order valence-electron chi connectivity index (χ1n) is 13.5. The van der Waals surface area contributed by atoms with Crippen LogP contribution in [0.15, 0.2) is 78.9 Å². The number of nitrogens with zero attached hydrogens (tertiary/aromatic N) is 2. The number of amides is 2. The Labute approximate surface area is 237 Å². The van der Waals surface area contributed by atoms with Gasteiger partial charge in [0, 0.05) is 38.0 Å². The van der Waals surface area contributed by atoms with Crippen LogP contribution in [0.3, 0.4) is 0 Å². The fraction of sp³-hybridized carbons (Fsp3) is 0.355. The zero-order valence-electron chi connectivity index (χ0n) is 23.3. The van der Waals surface area contributed by atoms with Crippen molar-refractivity contribution in [3.63, 3.8) is 0 Å². The van der Waals surface area contributed by atoms with Crippen LogP contribution in [0.5, 0.6) is 0 Å². The van der Waals surface area contributed by atoms with Gasteiger partial charge in [-0.1, -0.05) is 67.6 Å². The molecule has 214 valence electrons. The predicted molar refractivity (Wildman–Crippen MR) is 157 cm³/mol. The summed E-state index contributed by atoms with van der Waals surface area (Å²) in [5.74, 6) is -1.13. The molecule has 7 nitrogen and oxygen atoms in total.